The highest BCUT2D eigenvalue weighted by Crippen LogP contribution is 2.35. The number of rotatable bonds is 8. The van der Waals surface area contributed by atoms with Crippen LogP contribution in [0.2, 0.25) is 0 Å². The number of alkyl halides is 3. The third-order valence-electron chi connectivity index (χ3n) is 4.44. The van der Waals surface area contributed by atoms with Crippen LogP contribution in [0.25, 0.3) is 5.57 Å². The van der Waals surface area contributed by atoms with Crippen LogP contribution in [0.3, 0.4) is 0 Å². The Balaban J connectivity index is 1.70. The summed E-state index contributed by atoms with van der Waals surface area (Å²) in [5.41, 5.74) is 0.405. The van der Waals surface area contributed by atoms with Crippen LogP contribution in [0.1, 0.15) is 24.5 Å². The van der Waals surface area contributed by atoms with Gasteiger partial charge in [-0.3, -0.25) is 0 Å². The highest BCUT2D eigenvalue weighted by Gasteiger charge is 2.34. The Labute approximate surface area is 174 Å². The number of aryl methyl sites for hydroxylation is 1. The highest BCUT2D eigenvalue weighted by molar-refractivity contribution is 5.70. The molecule has 3 aromatic carbocycles. The van der Waals surface area contributed by atoms with Crippen LogP contribution >= 0.6 is 0 Å². The van der Waals surface area contributed by atoms with Crippen molar-refractivity contribution >= 4 is 5.57 Å². The van der Waals surface area contributed by atoms with Crippen LogP contribution in [-0.4, -0.2) is 12.8 Å². The minimum atomic E-state index is -4.43. The molecule has 30 heavy (non-hydrogen) atoms. The van der Waals surface area contributed by atoms with Crippen molar-refractivity contribution in [1.82, 2.24) is 0 Å². The van der Waals surface area contributed by atoms with E-state index in [2.05, 4.69) is 0 Å². The second-order valence-corrected chi connectivity index (χ2v) is 6.67. The van der Waals surface area contributed by atoms with Gasteiger partial charge < -0.3 is 9.47 Å². The van der Waals surface area contributed by atoms with Gasteiger partial charge in [0.05, 0.1) is 12.2 Å². The Morgan fingerprint density at radius 2 is 1.53 bits per heavy atom. The van der Waals surface area contributed by atoms with Crippen molar-refractivity contribution in [2.45, 2.75) is 25.9 Å². The number of halogens is 3. The van der Waals surface area contributed by atoms with E-state index in [1.54, 1.807) is 12.1 Å². The molecule has 0 atom stereocenters. The molecule has 0 amide bonds. The molecule has 0 saturated heterocycles. The van der Waals surface area contributed by atoms with Gasteiger partial charge in [0.1, 0.15) is 17.2 Å². The molecule has 0 bridgehead atoms. The summed E-state index contributed by atoms with van der Waals surface area (Å²) in [5, 5.41) is 0. The first-order chi connectivity index (χ1) is 14.5. The second kappa shape index (κ2) is 10.0. The molecule has 156 valence electrons. The van der Waals surface area contributed by atoms with Crippen LogP contribution in [-0.2, 0) is 6.42 Å². The van der Waals surface area contributed by atoms with Crippen molar-refractivity contribution in [2.75, 3.05) is 6.61 Å². The molecule has 0 saturated carbocycles. The third kappa shape index (κ3) is 6.14. The van der Waals surface area contributed by atoms with Crippen LogP contribution in [0.5, 0.6) is 17.2 Å². The fraction of sp³-hybridized carbons (Fsp3) is 0.200. The summed E-state index contributed by atoms with van der Waals surface area (Å²) in [7, 11) is 0. The van der Waals surface area contributed by atoms with Crippen molar-refractivity contribution in [2.24, 2.45) is 0 Å². The minimum Gasteiger partial charge on any atom is -0.494 e. The Morgan fingerprint density at radius 3 is 2.20 bits per heavy atom. The topological polar surface area (TPSA) is 18.5 Å². The maximum Gasteiger partial charge on any atom is 0.416 e. The first kappa shape index (κ1) is 21.5. The highest BCUT2D eigenvalue weighted by atomic mass is 19.4. The molecule has 0 heterocycles. The van der Waals surface area contributed by atoms with E-state index in [9.17, 15) is 13.2 Å². The van der Waals surface area contributed by atoms with E-state index in [-0.39, 0.29) is 12.0 Å². The average Bonchev–Trinajstić information content (AvgIpc) is 2.72. The Kier molecular flexibility index (Phi) is 7.17. The number of ether oxygens (including phenoxy) is 2. The minimum absolute atomic E-state index is 0.132. The molecule has 3 aromatic rings. The maximum atomic E-state index is 13.6. The lowest BCUT2D eigenvalue weighted by atomic mass is 10.0. The monoisotopic (exact) mass is 412 g/mol. The second-order valence-electron chi connectivity index (χ2n) is 6.67. The van der Waals surface area contributed by atoms with Gasteiger partial charge in [0, 0.05) is 0 Å². The number of hydrogen-bond acceptors (Lipinski definition) is 2. The molecule has 3 rings (SSSR count). The first-order valence-corrected chi connectivity index (χ1v) is 9.78. The number of benzene rings is 3. The van der Waals surface area contributed by atoms with Gasteiger partial charge in [-0.05, 0) is 67.3 Å². The van der Waals surface area contributed by atoms with Crippen LogP contribution in [0.4, 0.5) is 13.2 Å². The van der Waals surface area contributed by atoms with E-state index in [1.807, 2.05) is 61.5 Å². The summed E-state index contributed by atoms with van der Waals surface area (Å²) in [6, 6.07) is 22.8. The first-order valence-electron chi connectivity index (χ1n) is 9.78. The fourth-order valence-electron chi connectivity index (χ4n) is 3.07. The summed E-state index contributed by atoms with van der Waals surface area (Å²) < 4.78 is 51.8. The lowest BCUT2D eigenvalue weighted by Crippen LogP contribution is -2.11. The molecule has 0 aromatic heterocycles. The fourth-order valence-corrected chi connectivity index (χ4v) is 3.07. The van der Waals surface area contributed by atoms with E-state index < -0.39 is 11.7 Å². The van der Waals surface area contributed by atoms with Crippen molar-refractivity contribution in [1.29, 1.82) is 0 Å². The molecule has 0 N–H and O–H groups in total. The van der Waals surface area contributed by atoms with Crippen molar-refractivity contribution in [3.05, 3.63) is 96.1 Å². The summed E-state index contributed by atoms with van der Waals surface area (Å²) in [5.74, 6) is 1.92. The zero-order valence-electron chi connectivity index (χ0n) is 16.7. The molecule has 0 aliphatic carbocycles. The molecule has 5 heteroatoms. The summed E-state index contributed by atoms with van der Waals surface area (Å²) in [6.07, 6.45) is -2.44. The normalized spacial score (nSPS) is 11.9. The van der Waals surface area contributed by atoms with Gasteiger partial charge in [0.15, 0.2) is 0 Å². The molecule has 0 fully saturated rings. The van der Waals surface area contributed by atoms with E-state index in [4.69, 9.17) is 9.47 Å². The molecule has 0 unspecified atom stereocenters. The van der Waals surface area contributed by atoms with Gasteiger partial charge in [-0.15, -0.1) is 0 Å². The standard InChI is InChI=1S/C25H23F3O2/c1-2-29-21-16-14-20(15-17-21)24(25(26,27)28)13-7-9-19-8-6-12-23(18-19)30-22-10-4-3-5-11-22/h3-6,8,10-18H,2,7,9H2,1H3/b24-13+. The van der Waals surface area contributed by atoms with Gasteiger partial charge in [0.25, 0.3) is 0 Å². The van der Waals surface area contributed by atoms with Gasteiger partial charge >= 0.3 is 6.18 Å². The maximum absolute atomic E-state index is 13.6. The van der Waals surface area contributed by atoms with Gasteiger partial charge in [-0.1, -0.05) is 48.5 Å². The third-order valence-corrected chi connectivity index (χ3v) is 4.44. The van der Waals surface area contributed by atoms with E-state index in [0.717, 1.165) is 5.56 Å². The van der Waals surface area contributed by atoms with Gasteiger partial charge in [-0.2, -0.15) is 13.2 Å². The lowest BCUT2D eigenvalue weighted by molar-refractivity contribution is -0.0690. The molecular weight excluding hydrogens is 389 g/mol. The lowest BCUT2D eigenvalue weighted by Gasteiger charge is -2.13. The average molecular weight is 412 g/mol. The Morgan fingerprint density at radius 1 is 0.833 bits per heavy atom. The molecular formula is C25H23F3O2. The zero-order valence-corrected chi connectivity index (χ0v) is 16.7. The van der Waals surface area contributed by atoms with E-state index >= 15 is 0 Å². The zero-order chi connectivity index (χ0) is 21.4. The van der Waals surface area contributed by atoms with E-state index in [1.165, 1.54) is 18.2 Å². The van der Waals surface area contributed by atoms with E-state index in [0.29, 0.717) is 30.3 Å². The quantitative estimate of drug-likeness (QED) is 0.382. The number of hydrogen-bond donors (Lipinski definition) is 0. The summed E-state index contributed by atoms with van der Waals surface area (Å²) in [4.78, 5) is 0. The SMILES string of the molecule is CCOc1ccc(/C(=C\CCc2cccc(Oc3ccccc3)c2)C(F)(F)F)cc1. The molecule has 2 nitrogen and oxygen atoms in total. The van der Waals surface area contributed by atoms with Crippen LogP contribution < -0.4 is 9.47 Å². The predicted octanol–water partition coefficient (Wildman–Crippen LogP) is 7.46. The van der Waals surface area contributed by atoms with Crippen molar-refractivity contribution in [3.8, 4) is 17.2 Å². The molecule has 0 radical (unpaired) electrons. The van der Waals surface area contributed by atoms with Crippen molar-refractivity contribution in [3.63, 3.8) is 0 Å². The van der Waals surface area contributed by atoms with Gasteiger partial charge in [-0.25, -0.2) is 0 Å². The molecule has 0 spiro atoms. The predicted molar refractivity (Wildman–Crippen MR) is 113 cm³/mol. The Hall–Kier alpha value is -3.21. The van der Waals surface area contributed by atoms with Crippen molar-refractivity contribution < 1.29 is 22.6 Å². The number of allylic oxidation sites excluding steroid dienone is 2. The Bertz CT molecular complexity index is 962. The summed E-state index contributed by atoms with van der Waals surface area (Å²) in [6.45, 7) is 2.29. The summed E-state index contributed by atoms with van der Waals surface area (Å²) >= 11 is 0. The largest absolute Gasteiger partial charge is 0.494 e. The molecule has 0 aliphatic heterocycles. The number of para-hydroxylation sites is 1. The molecule has 0 aliphatic rings. The van der Waals surface area contributed by atoms with Crippen LogP contribution in [0.15, 0.2) is 84.9 Å². The smallest absolute Gasteiger partial charge is 0.416 e. The van der Waals surface area contributed by atoms with Crippen LogP contribution in [0, 0.1) is 0 Å². The van der Waals surface area contributed by atoms with Gasteiger partial charge in [0.2, 0.25) is 0 Å².